The maximum Gasteiger partial charge on any atom is 0.309 e. The number of carbonyl (C=O) groups is 1. The van der Waals surface area contributed by atoms with Gasteiger partial charge in [-0.3, -0.25) is 14.5 Å². The van der Waals surface area contributed by atoms with Gasteiger partial charge in [0.25, 0.3) is 12.0 Å². The van der Waals surface area contributed by atoms with Crippen molar-refractivity contribution < 1.29 is 23.0 Å². The zero-order chi connectivity index (χ0) is 36.7. The van der Waals surface area contributed by atoms with E-state index in [-0.39, 0.29) is 34.5 Å². The van der Waals surface area contributed by atoms with Crippen LogP contribution in [0.25, 0.3) is 33.2 Å². The Morgan fingerprint density at radius 2 is 1.79 bits per heavy atom. The summed E-state index contributed by atoms with van der Waals surface area (Å²) in [4.78, 5) is 36.9. The van der Waals surface area contributed by atoms with Crippen LogP contribution in [0.15, 0.2) is 59.5 Å². The highest BCUT2D eigenvalue weighted by Crippen LogP contribution is 2.46. The second-order valence-electron chi connectivity index (χ2n) is 13.2. The first-order chi connectivity index (χ1) is 25.1. The van der Waals surface area contributed by atoms with E-state index in [1.165, 1.54) is 19.3 Å². The molecule has 1 aliphatic carbocycles. The molecule has 52 heavy (non-hydrogen) atoms. The minimum Gasteiger partial charge on any atom is -0.481 e. The number of pyridine rings is 2. The van der Waals surface area contributed by atoms with Crippen LogP contribution in [0, 0.1) is 12.8 Å². The lowest BCUT2D eigenvalue weighted by Gasteiger charge is -2.35. The summed E-state index contributed by atoms with van der Waals surface area (Å²) in [5.41, 5.74) is 5.68. The fourth-order valence-corrected chi connectivity index (χ4v) is 7.88. The van der Waals surface area contributed by atoms with E-state index >= 15 is 0 Å². The number of esters is 1. The molecule has 270 valence electrons. The lowest BCUT2D eigenvalue weighted by atomic mass is 9.94. The summed E-state index contributed by atoms with van der Waals surface area (Å²) < 4.78 is 40.0. The van der Waals surface area contributed by atoms with Crippen LogP contribution < -0.4 is 15.6 Å². The van der Waals surface area contributed by atoms with Crippen molar-refractivity contribution in [2.24, 2.45) is 13.0 Å². The summed E-state index contributed by atoms with van der Waals surface area (Å²) in [6, 6.07) is 14.8. The van der Waals surface area contributed by atoms with Crippen LogP contribution in [0.4, 0.5) is 20.3 Å². The number of hydrogen-bond acceptors (Lipinski definition) is 9. The van der Waals surface area contributed by atoms with Gasteiger partial charge in [0.15, 0.2) is 0 Å². The molecule has 1 fully saturated rings. The van der Waals surface area contributed by atoms with Crippen molar-refractivity contribution in [2.45, 2.75) is 52.0 Å². The zero-order valence-corrected chi connectivity index (χ0v) is 30.1. The second kappa shape index (κ2) is 14.6. The number of fused-ring (bicyclic) bond motifs is 2. The molecular formula is C39H39ClF2N6O4. The number of carbonyl (C=O) groups excluding carboxylic acids is 1. The van der Waals surface area contributed by atoms with E-state index in [0.717, 1.165) is 76.8 Å². The summed E-state index contributed by atoms with van der Waals surface area (Å²) in [7, 11) is 3.13. The number of hydrogen-bond donors (Lipinski definition) is 1. The summed E-state index contributed by atoms with van der Waals surface area (Å²) >= 11 is 7.20. The Labute approximate surface area is 304 Å². The molecule has 2 aromatic carbocycles. The standard InChI is InChI=1S/C39H39ClF2N6O4/c1-5-52-39(50)22-14-16-48(17-15-22)31-13-12-23-18-29(46-37(51-4)32(23)31)27-10-6-9-26(34(27)40)25-8-7-11-28(21(25)2)44-36-33-24(19-30(45-36)35(41)42)20-43-47(3)38(33)49/h6-11,18-20,22,31,35H,5,12-17H2,1-4H3,(H,44,45)/t31-/m1/s1. The van der Waals surface area contributed by atoms with Crippen molar-refractivity contribution >= 4 is 39.8 Å². The topological polar surface area (TPSA) is 111 Å². The van der Waals surface area contributed by atoms with Gasteiger partial charge in [0.1, 0.15) is 11.5 Å². The minimum absolute atomic E-state index is 0.0204. The smallest absolute Gasteiger partial charge is 0.309 e. The summed E-state index contributed by atoms with van der Waals surface area (Å²) in [6.07, 6.45) is 1.87. The fourth-order valence-electron chi connectivity index (χ4n) is 7.55. The molecule has 1 aliphatic heterocycles. The number of aromatic nitrogens is 4. The summed E-state index contributed by atoms with van der Waals surface area (Å²) in [6.45, 7) is 5.73. The summed E-state index contributed by atoms with van der Waals surface area (Å²) in [5.74, 6) is 0.421. The van der Waals surface area contributed by atoms with Crippen molar-refractivity contribution in [3.05, 3.63) is 92.5 Å². The quantitative estimate of drug-likeness (QED) is 0.151. The van der Waals surface area contributed by atoms with Crippen LogP contribution in [0.3, 0.4) is 0 Å². The Morgan fingerprint density at radius 1 is 1.06 bits per heavy atom. The predicted octanol–water partition coefficient (Wildman–Crippen LogP) is 7.97. The Balaban J connectivity index is 1.20. The number of methoxy groups -OCH3 is 1. The monoisotopic (exact) mass is 728 g/mol. The average Bonchev–Trinajstić information content (AvgIpc) is 3.58. The number of rotatable bonds is 9. The predicted molar refractivity (Wildman–Crippen MR) is 196 cm³/mol. The first kappa shape index (κ1) is 35.5. The molecule has 5 aromatic rings. The number of benzene rings is 2. The van der Waals surface area contributed by atoms with Crippen LogP contribution in [0.2, 0.25) is 5.02 Å². The van der Waals surface area contributed by atoms with Gasteiger partial charge in [-0.2, -0.15) is 5.10 Å². The number of piperidine rings is 1. The number of anilines is 2. The molecule has 0 saturated carbocycles. The molecule has 0 amide bonds. The van der Waals surface area contributed by atoms with Gasteiger partial charge < -0.3 is 14.8 Å². The van der Waals surface area contributed by atoms with Crippen LogP contribution >= 0.6 is 11.6 Å². The number of aryl methyl sites for hydroxylation is 2. The molecule has 0 unspecified atom stereocenters. The van der Waals surface area contributed by atoms with E-state index in [1.807, 2.05) is 44.2 Å². The van der Waals surface area contributed by atoms with Gasteiger partial charge in [-0.15, -0.1) is 0 Å². The molecule has 1 saturated heterocycles. The van der Waals surface area contributed by atoms with Crippen LogP contribution in [-0.4, -0.2) is 57.4 Å². The highest BCUT2D eigenvalue weighted by Gasteiger charge is 2.36. The second-order valence-corrected chi connectivity index (χ2v) is 13.6. The third-order valence-electron chi connectivity index (χ3n) is 10.2. The normalized spacial score (nSPS) is 16.3. The Bertz CT molecular complexity index is 2240. The molecule has 0 radical (unpaired) electrons. The molecule has 0 bridgehead atoms. The lowest BCUT2D eigenvalue weighted by molar-refractivity contribution is -0.149. The Kier molecular flexibility index (Phi) is 9.95. The van der Waals surface area contributed by atoms with Gasteiger partial charge in [0.05, 0.1) is 41.9 Å². The van der Waals surface area contributed by atoms with Gasteiger partial charge in [-0.1, -0.05) is 41.9 Å². The molecule has 1 atom stereocenters. The van der Waals surface area contributed by atoms with Crippen LogP contribution in [-0.2, 0) is 23.0 Å². The van der Waals surface area contributed by atoms with Crippen molar-refractivity contribution in [1.29, 1.82) is 0 Å². The van der Waals surface area contributed by atoms with Gasteiger partial charge >= 0.3 is 5.97 Å². The molecule has 13 heteroatoms. The number of nitrogens with zero attached hydrogens (tertiary/aromatic N) is 5. The van der Waals surface area contributed by atoms with Crippen molar-refractivity contribution in [2.75, 3.05) is 32.1 Å². The zero-order valence-electron chi connectivity index (χ0n) is 29.4. The molecule has 0 spiro atoms. The number of nitrogens with one attached hydrogen (secondary N) is 1. The third kappa shape index (κ3) is 6.49. The number of halogens is 3. The van der Waals surface area contributed by atoms with Gasteiger partial charge in [-0.25, -0.2) is 23.4 Å². The largest absolute Gasteiger partial charge is 0.481 e. The first-order valence-electron chi connectivity index (χ1n) is 17.4. The maximum absolute atomic E-state index is 13.8. The fraction of sp³-hybridized carbons (Fsp3) is 0.359. The summed E-state index contributed by atoms with van der Waals surface area (Å²) in [5, 5.41) is 8.08. The van der Waals surface area contributed by atoms with Crippen molar-refractivity contribution in [3.63, 3.8) is 0 Å². The SMILES string of the molecule is CCOC(=O)C1CCN([C@@H]2CCc3cc(-c4cccc(-c5cccc(Nc6nc(C(F)F)cc7cnn(C)c(=O)c67)c5C)c4Cl)nc(OC)c32)CC1. The van der Waals surface area contributed by atoms with E-state index in [4.69, 9.17) is 26.1 Å². The van der Waals surface area contributed by atoms with E-state index < -0.39 is 17.7 Å². The van der Waals surface area contributed by atoms with Gasteiger partial charge in [0.2, 0.25) is 5.88 Å². The molecule has 7 rings (SSSR count). The average molecular weight is 729 g/mol. The molecule has 10 nitrogen and oxygen atoms in total. The molecule has 4 heterocycles. The number of likely N-dealkylation sites (tertiary alicyclic amines) is 1. The van der Waals surface area contributed by atoms with Gasteiger partial charge in [-0.05, 0) is 87.5 Å². The lowest BCUT2D eigenvalue weighted by Crippen LogP contribution is -2.38. The minimum atomic E-state index is -2.84. The van der Waals surface area contributed by atoms with Crippen molar-refractivity contribution in [3.8, 4) is 28.3 Å². The third-order valence-corrected chi connectivity index (χ3v) is 10.6. The number of alkyl halides is 2. The molecule has 1 N–H and O–H groups in total. The highest BCUT2D eigenvalue weighted by molar-refractivity contribution is 6.36. The van der Waals surface area contributed by atoms with Crippen LogP contribution in [0.1, 0.15) is 61.0 Å². The molecule has 3 aromatic heterocycles. The molecular weight excluding hydrogens is 690 g/mol. The Hall–Kier alpha value is -4.94. The van der Waals surface area contributed by atoms with E-state index in [1.54, 1.807) is 13.2 Å². The van der Waals surface area contributed by atoms with E-state index in [9.17, 15) is 18.4 Å². The van der Waals surface area contributed by atoms with Crippen LogP contribution in [0.5, 0.6) is 5.88 Å². The van der Waals surface area contributed by atoms with Gasteiger partial charge in [0, 0.05) is 40.9 Å². The highest BCUT2D eigenvalue weighted by atomic mass is 35.5. The number of ether oxygens (including phenoxy) is 2. The molecule has 2 aliphatic rings. The maximum atomic E-state index is 13.8. The van der Waals surface area contributed by atoms with Crippen molar-refractivity contribution in [1.82, 2.24) is 24.6 Å². The van der Waals surface area contributed by atoms with E-state index in [2.05, 4.69) is 26.4 Å². The Morgan fingerprint density at radius 3 is 2.52 bits per heavy atom. The first-order valence-corrected chi connectivity index (χ1v) is 17.8. The van der Waals surface area contributed by atoms with E-state index in [0.29, 0.717) is 28.9 Å².